The van der Waals surface area contributed by atoms with Gasteiger partial charge in [-0.05, 0) is 23.1 Å². The minimum atomic E-state index is -0.611. The van der Waals surface area contributed by atoms with Crippen molar-refractivity contribution in [3.63, 3.8) is 0 Å². The Balaban J connectivity index is 1.51. The first-order valence-corrected chi connectivity index (χ1v) is 8.99. The fourth-order valence-electron chi connectivity index (χ4n) is 3.81. The molecule has 0 unspecified atom stereocenters. The number of rotatable bonds is 5. The van der Waals surface area contributed by atoms with Crippen LogP contribution in [-0.2, 0) is 32.0 Å². The van der Waals surface area contributed by atoms with Gasteiger partial charge in [-0.3, -0.25) is 19.3 Å². The Morgan fingerprint density at radius 2 is 1.63 bits per heavy atom. The molecule has 2 atom stereocenters. The predicted molar refractivity (Wildman–Crippen MR) is 98.5 cm³/mol. The zero-order chi connectivity index (χ0) is 18.8. The Morgan fingerprint density at radius 1 is 0.963 bits per heavy atom. The molecular weight excluding hydrogens is 342 g/mol. The predicted octanol–water partition coefficient (Wildman–Crippen LogP) is 2.61. The number of carbonyl (C=O) groups excluding carboxylic acids is 3. The fraction of sp³-hybridized carbons (Fsp3) is 0.227. The molecule has 27 heavy (non-hydrogen) atoms. The van der Waals surface area contributed by atoms with Crippen LogP contribution in [0.15, 0.2) is 66.7 Å². The van der Waals surface area contributed by atoms with Crippen molar-refractivity contribution in [2.24, 2.45) is 5.92 Å². The number of imide groups is 1. The zero-order valence-corrected chi connectivity index (χ0v) is 14.7. The SMILES string of the molecule is O=C(OCCc1ccccc1)[C@H]1Cc2ccccc2[C@H]1N1C(=O)C=CC1=O. The van der Waals surface area contributed by atoms with Gasteiger partial charge in [-0.15, -0.1) is 0 Å². The summed E-state index contributed by atoms with van der Waals surface area (Å²) in [4.78, 5) is 38.4. The highest BCUT2D eigenvalue weighted by molar-refractivity contribution is 6.13. The Bertz CT molecular complexity index is 901. The molecule has 0 fully saturated rings. The highest BCUT2D eigenvalue weighted by atomic mass is 16.5. The van der Waals surface area contributed by atoms with Crippen LogP contribution in [0.4, 0.5) is 0 Å². The van der Waals surface area contributed by atoms with Gasteiger partial charge in [-0.2, -0.15) is 0 Å². The van der Waals surface area contributed by atoms with Gasteiger partial charge in [0.15, 0.2) is 0 Å². The van der Waals surface area contributed by atoms with E-state index >= 15 is 0 Å². The Morgan fingerprint density at radius 3 is 2.37 bits per heavy atom. The van der Waals surface area contributed by atoms with E-state index in [1.165, 1.54) is 17.1 Å². The second kappa shape index (κ2) is 7.19. The first-order valence-electron chi connectivity index (χ1n) is 8.99. The summed E-state index contributed by atoms with van der Waals surface area (Å²) in [6.07, 6.45) is 3.59. The van der Waals surface area contributed by atoms with E-state index in [-0.39, 0.29) is 24.4 Å². The first kappa shape index (κ1) is 17.2. The van der Waals surface area contributed by atoms with Crippen molar-refractivity contribution in [3.8, 4) is 0 Å². The third kappa shape index (κ3) is 3.28. The van der Waals surface area contributed by atoms with Gasteiger partial charge < -0.3 is 4.74 Å². The van der Waals surface area contributed by atoms with E-state index in [9.17, 15) is 14.4 Å². The molecule has 5 nitrogen and oxygen atoms in total. The van der Waals surface area contributed by atoms with E-state index in [1.807, 2.05) is 54.6 Å². The van der Waals surface area contributed by atoms with E-state index < -0.39 is 12.0 Å². The van der Waals surface area contributed by atoms with Gasteiger partial charge >= 0.3 is 5.97 Å². The van der Waals surface area contributed by atoms with Crippen molar-refractivity contribution in [3.05, 3.63) is 83.4 Å². The molecule has 2 amide bonds. The van der Waals surface area contributed by atoms with Crippen LogP contribution in [0, 0.1) is 5.92 Å². The normalized spacial score (nSPS) is 20.8. The second-order valence-corrected chi connectivity index (χ2v) is 6.74. The summed E-state index contributed by atoms with van der Waals surface area (Å²) in [5.74, 6) is -1.72. The molecule has 136 valence electrons. The van der Waals surface area contributed by atoms with Gasteiger partial charge in [0.05, 0.1) is 18.6 Å². The zero-order valence-electron chi connectivity index (χ0n) is 14.7. The summed E-state index contributed by atoms with van der Waals surface area (Å²) in [6, 6.07) is 16.7. The average molecular weight is 361 g/mol. The molecule has 4 rings (SSSR count). The van der Waals surface area contributed by atoms with Crippen LogP contribution in [0.25, 0.3) is 0 Å². The van der Waals surface area contributed by atoms with Crippen molar-refractivity contribution in [2.45, 2.75) is 18.9 Å². The third-order valence-electron chi connectivity index (χ3n) is 5.10. The van der Waals surface area contributed by atoms with Crippen LogP contribution < -0.4 is 0 Å². The molecule has 0 aromatic heterocycles. The van der Waals surface area contributed by atoms with Crippen molar-refractivity contribution in [2.75, 3.05) is 6.61 Å². The molecule has 1 heterocycles. The number of esters is 1. The average Bonchev–Trinajstić information content (AvgIpc) is 3.22. The van der Waals surface area contributed by atoms with E-state index in [0.717, 1.165) is 16.7 Å². The number of fused-ring (bicyclic) bond motifs is 1. The molecular formula is C22H19NO4. The molecule has 0 spiro atoms. The standard InChI is InChI=1S/C22H19NO4/c24-19-10-11-20(25)23(19)21-17-9-5-4-8-16(17)14-18(21)22(26)27-13-12-15-6-2-1-3-7-15/h1-11,18,21H,12-14H2/t18-,21+/m0/s1. The maximum atomic E-state index is 12.8. The first-order chi connectivity index (χ1) is 13.1. The second-order valence-electron chi connectivity index (χ2n) is 6.74. The lowest BCUT2D eigenvalue weighted by Crippen LogP contribution is -2.39. The number of hydrogen-bond donors (Lipinski definition) is 0. The highest BCUT2D eigenvalue weighted by Crippen LogP contribution is 2.42. The summed E-state index contributed by atoms with van der Waals surface area (Å²) < 4.78 is 5.51. The van der Waals surface area contributed by atoms with Crippen LogP contribution in [0.3, 0.4) is 0 Å². The quantitative estimate of drug-likeness (QED) is 0.607. The van der Waals surface area contributed by atoms with Crippen LogP contribution in [0.1, 0.15) is 22.7 Å². The summed E-state index contributed by atoms with van der Waals surface area (Å²) in [7, 11) is 0. The maximum Gasteiger partial charge on any atom is 0.311 e. The van der Waals surface area contributed by atoms with E-state index in [1.54, 1.807) is 0 Å². The molecule has 1 aliphatic heterocycles. The fourth-order valence-corrected chi connectivity index (χ4v) is 3.81. The van der Waals surface area contributed by atoms with Crippen LogP contribution in [0.2, 0.25) is 0 Å². The molecule has 0 saturated carbocycles. The van der Waals surface area contributed by atoms with Crippen molar-refractivity contribution >= 4 is 17.8 Å². The highest BCUT2D eigenvalue weighted by Gasteiger charge is 2.46. The number of ether oxygens (including phenoxy) is 1. The number of amides is 2. The minimum absolute atomic E-state index is 0.266. The molecule has 2 aromatic carbocycles. The number of benzene rings is 2. The molecule has 2 aliphatic rings. The largest absolute Gasteiger partial charge is 0.465 e. The molecule has 5 heteroatoms. The number of carbonyl (C=O) groups is 3. The summed E-state index contributed by atoms with van der Waals surface area (Å²) in [5.41, 5.74) is 2.90. The summed E-state index contributed by atoms with van der Waals surface area (Å²) in [6.45, 7) is 0.266. The van der Waals surface area contributed by atoms with Gasteiger partial charge in [-0.25, -0.2) is 0 Å². The molecule has 2 aromatic rings. The number of nitrogens with zero attached hydrogens (tertiary/aromatic N) is 1. The smallest absolute Gasteiger partial charge is 0.311 e. The third-order valence-corrected chi connectivity index (χ3v) is 5.10. The van der Waals surface area contributed by atoms with Gasteiger partial charge in [-0.1, -0.05) is 54.6 Å². The van der Waals surface area contributed by atoms with E-state index in [0.29, 0.717) is 12.8 Å². The van der Waals surface area contributed by atoms with Gasteiger partial charge in [0.1, 0.15) is 0 Å². The van der Waals surface area contributed by atoms with Gasteiger partial charge in [0.2, 0.25) is 0 Å². The van der Waals surface area contributed by atoms with Gasteiger partial charge in [0.25, 0.3) is 11.8 Å². The Labute approximate surface area is 157 Å². The topological polar surface area (TPSA) is 63.7 Å². The van der Waals surface area contributed by atoms with Crippen molar-refractivity contribution in [1.82, 2.24) is 4.90 Å². The molecule has 0 bridgehead atoms. The van der Waals surface area contributed by atoms with Gasteiger partial charge in [0, 0.05) is 18.6 Å². The van der Waals surface area contributed by atoms with Crippen LogP contribution in [0.5, 0.6) is 0 Å². The molecule has 0 saturated heterocycles. The molecule has 0 N–H and O–H groups in total. The monoisotopic (exact) mass is 361 g/mol. The van der Waals surface area contributed by atoms with Crippen LogP contribution >= 0.6 is 0 Å². The Hall–Kier alpha value is -3.21. The maximum absolute atomic E-state index is 12.8. The molecule has 0 radical (unpaired) electrons. The van der Waals surface area contributed by atoms with E-state index in [2.05, 4.69) is 0 Å². The number of hydrogen-bond acceptors (Lipinski definition) is 4. The van der Waals surface area contributed by atoms with Crippen LogP contribution in [-0.4, -0.2) is 29.3 Å². The lowest BCUT2D eigenvalue weighted by Gasteiger charge is -2.27. The lowest BCUT2D eigenvalue weighted by atomic mass is 9.99. The Kier molecular flexibility index (Phi) is 4.59. The van der Waals surface area contributed by atoms with Crippen molar-refractivity contribution in [1.29, 1.82) is 0 Å². The van der Waals surface area contributed by atoms with Crippen molar-refractivity contribution < 1.29 is 19.1 Å². The molecule has 1 aliphatic carbocycles. The lowest BCUT2D eigenvalue weighted by molar-refractivity contribution is -0.153. The summed E-state index contributed by atoms with van der Waals surface area (Å²) in [5, 5.41) is 0. The minimum Gasteiger partial charge on any atom is -0.465 e. The van der Waals surface area contributed by atoms with E-state index in [4.69, 9.17) is 4.74 Å². The summed E-state index contributed by atoms with van der Waals surface area (Å²) >= 11 is 0.